The minimum absolute atomic E-state index is 0.0390. The molecule has 0 aliphatic heterocycles. The van der Waals surface area contributed by atoms with Gasteiger partial charge >= 0.3 is 11.9 Å². The SMILES string of the molecule is CCCCCCCCCCCCCCCCC(CCCCCCCCC=CCCCCCCCC(=O)O)C(=O)OCC. The molecule has 0 aliphatic carbocycles. The van der Waals surface area contributed by atoms with Gasteiger partial charge in [0.05, 0.1) is 12.5 Å². The molecule has 4 nitrogen and oxygen atoms in total. The number of hydrogen-bond donors (Lipinski definition) is 1. The van der Waals surface area contributed by atoms with Crippen molar-refractivity contribution in [1.82, 2.24) is 0 Å². The number of ether oxygens (including phenoxy) is 1. The van der Waals surface area contributed by atoms with E-state index in [1.165, 1.54) is 141 Å². The van der Waals surface area contributed by atoms with Crippen molar-refractivity contribution in [2.24, 2.45) is 5.92 Å². The molecular weight excluding hydrogens is 520 g/mol. The maximum Gasteiger partial charge on any atom is 0.308 e. The highest BCUT2D eigenvalue weighted by molar-refractivity contribution is 5.72. The monoisotopic (exact) mass is 593 g/mol. The number of allylic oxidation sites excluding steroid dienone is 2. The quantitative estimate of drug-likeness (QED) is 0.0458. The molecule has 1 unspecified atom stereocenters. The molecule has 0 saturated heterocycles. The van der Waals surface area contributed by atoms with E-state index in [1.54, 1.807) is 0 Å². The molecule has 0 heterocycles. The maximum absolute atomic E-state index is 12.5. The number of carbonyl (C=O) groups is 2. The highest BCUT2D eigenvalue weighted by atomic mass is 16.5. The van der Waals surface area contributed by atoms with Gasteiger partial charge in [-0.1, -0.05) is 160 Å². The van der Waals surface area contributed by atoms with Crippen LogP contribution in [0, 0.1) is 5.92 Å². The zero-order chi connectivity index (χ0) is 30.8. The molecule has 0 fully saturated rings. The summed E-state index contributed by atoms with van der Waals surface area (Å²) in [5.41, 5.74) is 0. The summed E-state index contributed by atoms with van der Waals surface area (Å²) in [6.07, 6.45) is 41.5. The van der Waals surface area contributed by atoms with Crippen molar-refractivity contribution >= 4 is 11.9 Å². The Labute approximate surface area is 262 Å². The molecule has 0 amide bonds. The van der Waals surface area contributed by atoms with E-state index in [2.05, 4.69) is 19.1 Å². The predicted molar refractivity (Wildman–Crippen MR) is 181 cm³/mol. The van der Waals surface area contributed by atoms with Crippen LogP contribution in [0.5, 0.6) is 0 Å². The highest BCUT2D eigenvalue weighted by Crippen LogP contribution is 2.21. The zero-order valence-electron chi connectivity index (χ0n) is 28.3. The zero-order valence-corrected chi connectivity index (χ0v) is 28.3. The average molecular weight is 593 g/mol. The van der Waals surface area contributed by atoms with Gasteiger partial charge in [0, 0.05) is 6.42 Å². The Bertz CT molecular complexity index is 600. The van der Waals surface area contributed by atoms with Crippen molar-refractivity contribution in [2.75, 3.05) is 6.61 Å². The van der Waals surface area contributed by atoms with Crippen LogP contribution in [0.25, 0.3) is 0 Å². The second-order valence-electron chi connectivity index (χ2n) is 12.7. The molecule has 0 spiro atoms. The molecule has 0 bridgehead atoms. The molecule has 1 atom stereocenters. The number of carboxylic acids is 1. The van der Waals surface area contributed by atoms with E-state index < -0.39 is 5.97 Å². The Hall–Kier alpha value is -1.32. The summed E-state index contributed by atoms with van der Waals surface area (Å²) < 4.78 is 5.40. The molecule has 0 aliphatic rings. The first-order valence-electron chi connectivity index (χ1n) is 18.6. The van der Waals surface area contributed by atoms with E-state index >= 15 is 0 Å². The summed E-state index contributed by atoms with van der Waals surface area (Å²) in [5, 5.41) is 8.65. The minimum Gasteiger partial charge on any atom is -0.481 e. The summed E-state index contributed by atoms with van der Waals surface area (Å²) in [5.74, 6) is -0.527. The number of rotatable bonds is 34. The third-order valence-corrected chi connectivity index (χ3v) is 8.63. The van der Waals surface area contributed by atoms with E-state index in [9.17, 15) is 9.59 Å². The Kier molecular flexibility index (Phi) is 33.1. The van der Waals surface area contributed by atoms with Gasteiger partial charge in [0.25, 0.3) is 0 Å². The second-order valence-corrected chi connectivity index (χ2v) is 12.7. The van der Waals surface area contributed by atoms with Crippen LogP contribution in [0.4, 0.5) is 0 Å². The van der Waals surface area contributed by atoms with Crippen LogP contribution >= 0.6 is 0 Å². The van der Waals surface area contributed by atoms with Gasteiger partial charge in [-0.05, 0) is 51.9 Å². The number of unbranched alkanes of at least 4 members (excludes halogenated alkanes) is 24. The molecule has 1 N–H and O–H groups in total. The molecule has 42 heavy (non-hydrogen) atoms. The third-order valence-electron chi connectivity index (χ3n) is 8.63. The minimum atomic E-state index is -0.675. The summed E-state index contributed by atoms with van der Waals surface area (Å²) >= 11 is 0. The van der Waals surface area contributed by atoms with Gasteiger partial charge in [-0.3, -0.25) is 9.59 Å². The lowest BCUT2D eigenvalue weighted by molar-refractivity contribution is -0.148. The lowest BCUT2D eigenvalue weighted by atomic mass is 9.94. The van der Waals surface area contributed by atoms with E-state index in [0.717, 1.165) is 44.9 Å². The first-order chi connectivity index (χ1) is 20.6. The lowest BCUT2D eigenvalue weighted by Gasteiger charge is -2.15. The van der Waals surface area contributed by atoms with Gasteiger partial charge in [-0.25, -0.2) is 0 Å². The first kappa shape index (κ1) is 40.7. The maximum atomic E-state index is 12.5. The van der Waals surface area contributed by atoms with Gasteiger partial charge in [0.1, 0.15) is 0 Å². The van der Waals surface area contributed by atoms with Gasteiger partial charge < -0.3 is 9.84 Å². The first-order valence-corrected chi connectivity index (χ1v) is 18.6. The predicted octanol–water partition coefficient (Wildman–Crippen LogP) is 12.5. The number of hydrogen-bond acceptors (Lipinski definition) is 3. The number of aliphatic carboxylic acids is 1. The Morgan fingerprint density at radius 3 is 1.26 bits per heavy atom. The van der Waals surface area contributed by atoms with Gasteiger partial charge in [0.2, 0.25) is 0 Å². The normalized spacial score (nSPS) is 12.2. The van der Waals surface area contributed by atoms with Crippen LogP contribution in [-0.2, 0) is 14.3 Å². The summed E-state index contributed by atoms with van der Waals surface area (Å²) in [4.78, 5) is 23.0. The van der Waals surface area contributed by atoms with Crippen LogP contribution in [0.3, 0.4) is 0 Å². The van der Waals surface area contributed by atoms with E-state index in [4.69, 9.17) is 9.84 Å². The molecule has 0 rings (SSSR count). The smallest absolute Gasteiger partial charge is 0.308 e. The average Bonchev–Trinajstić information content (AvgIpc) is 2.97. The van der Waals surface area contributed by atoms with Gasteiger partial charge in [0.15, 0.2) is 0 Å². The van der Waals surface area contributed by atoms with Crippen molar-refractivity contribution in [1.29, 1.82) is 0 Å². The molecule has 4 heteroatoms. The van der Waals surface area contributed by atoms with Crippen molar-refractivity contribution in [2.45, 2.75) is 206 Å². The van der Waals surface area contributed by atoms with E-state index in [1.807, 2.05) is 6.92 Å². The lowest BCUT2D eigenvalue weighted by Crippen LogP contribution is -2.18. The largest absolute Gasteiger partial charge is 0.481 e. The van der Waals surface area contributed by atoms with Crippen LogP contribution in [0.2, 0.25) is 0 Å². The fourth-order valence-electron chi connectivity index (χ4n) is 5.89. The van der Waals surface area contributed by atoms with Crippen molar-refractivity contribution in [3.05, 3.63) is 12.2 Å². The molecular formula is C38H72O4. The van der Waals surface area contributed by atoms with Gasteiger partial charge in [-0.15, -0.1) is 0 Å². The third kappa shape index (κ3) is 31.6. The molecule has 0 aromatic heterocycles. The van der Waals surface area contributed by atoms with Crippen LogP contribution < -0.4 is 0 Å². The second kappa shape index (κ2) is 34.2. The van der Waals surface area contributed by atoms with E-state index in [-0.39, 0.29) is 11.9 Å². The summed E-state index contributed by atoms with van der Waals surface area (Å²) in [7, 11) is 0. The Morgan fingerprint density at radius 1 is 0.524 bits per heavy atom. The molecule has 0 radical (unpaired) electrons. The Morgan fingerprint density at radius 2 is 0.881 bits per heavy atom. The van der Waals surface area contributed by atoms with Crippen molar-refractivity contribution in [3.63, 3.8) is 0 Å². The molecule has 248 valence electrons. The van der Waals surface area contributed by atoms with Crippen LogP contribution in [0.15, 0.2) is 12.2 Å². The van der Waals surface area contributed by atoms with Crippen LogP contribution in [0.1, 0.15) is 206 Å². The molecule has 0 saturated carbocycles. The van der Waals surface area contributed by atoms with Crippen molar-refractivity contribution < 1.29 is 19.4 Å². The van der Waals surface area contributed by atoms with E-state index in [0.29, 0.717) is 13.0 Å². The summed E-state index contributed by atoms with van der Waals surface area (Å²) in [6.45, 7) is 4.70. The standard InChI is InChI=1S/C38H72O4/c1-3-5-6-7-8-9-10-11-15-18-21-24-27-30-33-36(38(41)42-4-2)34-31-28-25-22-19-16-13-12-14-17-20-23-26-29-32-35-37(39)40/h12,14,36H,3-11,13,15-35H2,1-2H3,(H,39,40). The highest BCUT2D eigenvalue weighted by Gasteiger charge is 2.18. The fourth-order valence-corrected chi connectivity index (χ4v) is 5.89. The molecule has 0 aromatic carbocycles. The topological polar surface area (TPSA) is 63.6 Å². The Balaban J connectivity index is 3.64. The van der Waals surface area contributed by atoms with Gasteiger partial charge in [-0.2, -0.15) is 0 Å². The summed E-state index contributed by atoms with van der Waals surface area (Å²) in [6, 6.07) is 0. The van der Waals surface area contributed by atoms with Crippen LogP contribution in [-0.4, -0.2) is 23.7 Å². The molecule has 0 aromatic rings. The number of carboxylic acid groups (broad SMARTS) is 1. The number of carbonyl (C=O) groups excluding carboxylic acids is 1. The fraction of sp³-hybridized carbons (Fsp3) is 0.895. The van der Waals surface area contributed by atoms with Crippen molar-refractivity contribution in [3.8, 4) is 0 Å². The number of esters is 1.